The van der Waals surface area contributed by atoms with Crippen LogP contribution in [0.4, 0.5) is 11.4 Å². The fourth-order valence-corrected chi connectivity index (χ4v) is 8.65. The molecule has 0 spiro atoms. The zero-order valence-corrected chi connectivity index (χ0v) is 32.2. The largest absolute Gasteiger partial charge is 0.309 e. The van der Waals surface area contributed by atoms with Crippen molar-refractivity contribution >= 4 is 55.0 Å². The molecule has 60 heavy (non-hydrogen) atoms. The van der Waals surface area contributed by atoms with E-state index in [0.29, 0.717) is 17.2 Å². The summed E-state index contributed by atoms with van der Waals surface area (Å²) in [6.07, 6.45) is 0. The molecule has 0 aliphatic carbocycles. The van der Waals surface area contributed by atoms with E-state index in [-0.39, 0.29) is 0 Å². The summed E-state index contributed by atoms with van der Waals surface area (Å²) in [7, 11) is 0. The second-order valence-corrected chi connectivity index (χ2v) is 14.8. The van der Waals surface area contributed by atoms with Crippen LogP contribution >= 0.6 is 0 Å². The molecule has 0 N–H and O–H groups in total. The highest BCUT2D eigenvalue weighted by Crippen LogP contribution is 2.43. The van der Waals surface area contributed by atoms with Gasteiger partial charge >= 0.3 is 0 Å². The lowest BCUT2D eigenvalue weighted by Crippen LogP contribution is -2.03. The van der Waals surface area contributed by atoms with Gasteiger partial charge in [-0.1, -0.05) is 140 Å². The predicted octanol–water partition coefficient (Wildman–Crippen LogP) is 14.4. The van der Waals surface area contributed by atoms with E-state index in [1.807, 2.05) is 72.8 Å². The number of hydrogen-bond donors (Lipinski definition) is 0. The highest BCUT2D eigenvalue weighted by Gasteiger charge is 2.22. The molecule has 0 amide bonds. The molecule has 0 aliphatic heterocycles. The molecule has 6 nitrogen and oxygen atoms in total. The first-order chi connectivity index (χ1) is 29.7. The Labute approximate surface area is 346 Å². The maximum absolute atomic E-state index is 7.87. The third kappa shape index (κ3) is 5.63. The highest BCUT2D eigenvalue weighted by molar-refractivity contribution is 6.13. The Morgan fingerprint density at radius 2 is 0.817 bits per heavy atom. The minimum Gasteiger partial charge on any atom is -0.309 e. The van der Waals surface area contributed by atoms with Crippen LogP contribution in [0.3, 0.4) is 0 Å². The minimum atomic E-state index is 0.542. The average Bonchev–Trinajstić information content (AvgIpc) is 3.83. The van der Waals surface area contributed by atoms with E-state index in [9.17, 15) is 0 Å². The van der Waals surface area contributed by atoms with Crippen LogP contribution < -0.4 is 0 Å². The van der Waals surface area contributed by atoms with Crippen molar-refractivity contribution in [2.24, 2.45) is 0 Å². The van der Waals surface area contributed by atoms with Gasteiger partial charge in [0.2, 0.25) is 0 Å². The van der Waals surface area contributed by atoms with Crippen molar-refractivity contribution in [3.8, 4) is 56.4 Å². The van der Waals surface area contributed by atoms with Gasteiger partial charge in [-0.05, 0) is 65.4 Å². The molecule has 0 fully saturated rings. The van der Waals surface area contributed by atoms with Crippen molar-refractivity contribution in [2.75, 3.05) is 0 Å². The number of hydrogen-bond acceptors (Lipinski definition) is 2. The quantitative estimate of drug-likeness (QED) is 0.158. The Morgan fingerprint density at radius 3 is 1.38 bits per heavy atom. The summed E-state index contributed by atoms with van der Waals surface area (Å²) in [5.74, 6) is 0.602. The van der Waals surface area contributed by atoms with E-state index in [1.165, 1.54) is 10.8 Å². The van der Waals surface area contributed by atoms with Gasteiger partial charge in [0.05, 0.1) is 58.0 Å². The first-order valence-electron chi connectivity index (χ1n) is 19.7. The molecule has 3 heterocycles. The number of rotatable bonds is 6. The Morgan fingerprint density at radius 1 is 0.350 bits per heavy atom. The summed E-state index contributed by atoms with van der Waals surface area (Å²) < 4.78 is 4.64. The van der Waals surface area contributed by atoms with Gasteiger partial charge in [-0.3, -0.25) is 0 Å². The van der Waals surface area contributed by atoms with Gasteiger partial charge in [-0.15, -0.1) is 0 Å². The number of para-hydroxylation sites is 3. The van der Waals surface area contributed by atoms with Crippen LogP contribution in [0.1, 0.15) is 0 Å². The van der Waals surface area contributed by atoms with E-state index in [4.69, 9.17) is 23.1 Å². The molecule has 0 saturated heterocycles. The molecule has 6 heteroatoms. The van der Waals surface area contributed by atoms with Crippen LogP contribution in [0, 0.1) is 13.1 Å². The second kappa shape index (κ2) is 14.1. The zero-order valence-electron chi connectivity index (χ0n) is 32.2. The maximum atomic E-state index is 7.87. The van der Waals surface area contributed by atoms with E-state index in [2.05, 4.69) is 140 Å². The summed E-state index contributed by atoms with van der Waals surface area (Å²) in [5, 5.41) is 4.20. The van der Waals surface area contributed by atoms with Gasteiger partial charge < -0.3 is 9.13 Å². The van der Waals surface area contributed by atoms with E-state index >= 15 is 0 Å². The second-order valence-electron chi connectivity index (χ2n) is 14.8. The van der Waals surface area contributed by atoms with Crippen LogP contribution in [0.15, 0.2) is 194 Å². The molecule has 278 valence electrons. The topological polar surface area (TPSA) is 44.4 Å². The SMILES string of the molecule is [C-]#[N+]c1ccc2c(c1)c1cc([N+]#[C-])ccc1n2-c1cc(-c2nc(-c3ccccc3)cc(-c3ccccc3)n2)ccc1-c1ccccc1-n1c2ccccc2c2ccccc21. The van der Waals surface area contributed by atoms with Gasteiger partial charge in [-0.2, -0.15) is 0 Å². The summed E-state index contributed by atoms with van der Waals surface area (Å²) in [6, 6.07) is 66.4. The van der Waals surface area contributed by atoms with Crippen molar-refractivity contribution in [1.29, 1.82) is 0 Å². The molecule has 0 bridgehead atoms. The molecule has 0 saturated carbocycles. The van der Waals surface area contributed by atoms with Gasteiger partial charge in [-0.25, -0.2) is 19.7 Å². The van der Waals surface area contributed by atoms with Crippen LogP contribution in [0.5, 0.6) is 0 Å². The van der Waals surface area contributed by atoms with Gasteiger partial charge in [0, 0.05) is 38.6 Å². The van der Waals surface area contributed by atoms with Crippen molar-refractivity contribution in [3.63, 3.8) is 0 Å². The molecule has 0 aliphatic rings. The van der Waals surface area contributed by atoms with Crippen molar-refractivity contribution < 1.29 is 0 Å². The summed E-state index contributed by atoms with van der Waals surface area (Å²) in [4.78, 5) is 18.0. The molecule has 11 rings (SSSR count). The normalized spacial score (nSPS) is 11.3. The predicted molar refractivity (Wildman–Crippen MR) is 245 cm³/mol. The lowest BCUT2D eigenvalue weighted by molar-refractivity contribution is 1.15. The van der Waals surface area contributed by atoms with Crippen LogP contribution in [-0.2, 0) is 0 Å². The number of nitrogens with zero attached hydrogens (tertiary/aromatic N) is 6. The molecule has 0 unspecified atom stereocenters. The zero-order chi connectivity index (χ0) is 40.2. The molecule has 3 aromatic heterocycles. The summed E-state index contributed by atoms with van der Waals surface area (Å²) in [6.45, 7) is 15.7. The molecular formula is C54H32N6. The Balaban J connectivity index is 1.23. The third-order valence-electron chi connectivity index (χ3n) is 11.4. The fourth-order valence-electron chi connectivity index (χ4n) is 8.65. The van der Waals surface area contributed by atoms with Crippen molar-refractivity contribution in [2.45, 2.75) is 0 Å². The van der Waals surface area contributed by atoms with Gasteiger partial charge in [0.15, 0.2) is 17.2 Å². The first-order valence-corrected chi connectivity index (χ1v) is 19.7. The van der Waals surface area contributed by atoms with E-state index in [1.54, 1.807) is 0 Å². The maximum Gasteiger partial charge on any atom is 0.188 e. The van der Waals surface area contributed by atoms with Crippen molar-refractivity contribution in [1.82, 2.24) is 19.1 Å². The van der Waals surface area contributed by atoms with Gasteiger partial charge in [0.1, 0.15) is 0 Å². The number of aromatic nitrogens is 4. The van der Waals surface area contributed by atoms with Crippen molar-refractivity contribution in [3.05, 3.63) is 217 Å². The number of benzene rings is 8. The number of fused-ring (bicyclic) bond motifs is 6. The Bertz CT molecular complexity index is 3380. The monoisotopic (exact) mass is 764 g/mol. The Kier molecular flexibility index (Phi) is 8.15. The van der Waals surface area contributed by atoms with Crippen LogP contribution in [0.2, 0.25) is 0 Å². The standard InChI is InChI=1S/C54H32N6/c1-55-38-26-29-51-44(32-38)45-33-39(56-2)27-30-52(45)60(51)53-31-37(54-57-46(35-15-5-3-6-16-35)34-47(58-54)36-17-7-4-8-18-36)25-28-43(53)42-21-11-14-24-50(42)59-48-22-12-9-19-40(48)41-20-10-13-23-49(41)59/h3-34H. The van der Waals surface area contributed by atoms with Crippen LogP contribution in [-0.4, -0.2) is 19.1 Å². The lowest BCUT2D eigenvalue weighted by Gasteiger charge is -2.19. The van der Waals surface area contributed by atoms with E-state index in [0.717, 1.165) is 83.4 Å². The smallest absolute Gasteiger partial charge is 0.188 e. The molecule has 0 atom stereocenters. The molecule has 11 aromatic rings. The summed E-state index contributed by atoms with van der Waals surface area (Å²) in [5.41, 5.74) is 13.7. The first kappa shape index (κ1) is 34.7. The minimum absolute atomic E-state index is 0.542. The van der Waals surface area contributed by atoms with Crippen LogP contribution in [0.25, 0.3) is 110 Å². The summed E-state index contributed by atoms with van der Waals surface area (Å²) >= 11 is 0. The highest BCUT2D eigenvalue weighted by atomic mass is 15.0. The third-order valence-corrected chi connectivity index (χ3v) is 11.4. The molecule has 8 aromatic carbocycles. The van der Waals surface area contributed by atoms with E-state index < -0.39 is 0 Å². The van der Waals surface area contributed by atoms with Gasteiger partial charge in [0.25, 0.3) is 0 Å². The molecular weight excluding hydrogens is 733 g/mol. The lowest BCUT2D eigenvalue weighted by atomic mass is 9.98. The Hall–Kier alpha value is -8.58. The average molecular weight is 765 g/mol. The fraction of sp³-hybridized carbons (Fsp3) is 0. The molecule has 0 radical (unpaired) electrons.